The summed E-state index contributed by atoms with van der Waals surface area (Å²) in [5.41, 5.74) is 0. The number of rotatable bonds is 3. The van der Waals surface area contributed by atoms with E-state index < -0.39 is 12.6 Å². The molecule has 9 heteroatoms. The number of aromatic nitrogens is 1. The lowest BCUT2D eigenvalue weighted by molar-refractivity contribution is -0.132. The van der Waals surface area contributed by atoms with Crippen LogP contribution in [0.5, 0.6) is 0 Å². The van der Waals surface area contributed by atoms with Crippen molar-refractivity contribution in [2.24, 2.45) is 4.99 Å². The molecule has 0 radical (unpaired) electrons. The monoisotopic (exact) mass is 443 g/mol. The first-order valence-corrected chi connectivity index (χ1v) is 7.18. The van der Waals surface area contributed by atoms with Crippen molar-refractivity contribution in [1.82, 2.24) is 15.2 Å². The predicted molar refractivity (Wildman–Crippen MR) is 95.5 cm³/mol. The average Bonchev–Trinajstić information content (AvgIpc) is 2.52. The third-order valence-electron chi connectivity index (χ3n) is 3.46. The van der Waals surface area contributed by atoms with Crippen LogP contribution in [0, 0.1) is 0 Å². The zero-order valence-electron chi connectivity index (χ0n) is 12.9. The van der Waals surface area contributed by atoms with Crippen LogP contribution in [-0.2, 0) is 0 Å². The largest absolute Gasteiger partial charge is 0.390 e. The fourth-order valence-corrected chi connectivity index (χ4v) is 2.34. The van der Waals surface area contributed by atoms with Crippen molar-refractivity contribution in [2.75, 3.05) is 44.7 Å². The van der Waals surface area contributed by atoms with Crippen LogP contribution in [-0.4, -0.2) is 61.8 Å². The van der Waals surface area contributed by atoms with E-state index in [0.717, 1.165) is 18.9 Å². The van der Waals surface area contributed by atoms with Gasteiger partial charge in [-0.05, 0) is 12.1 Å². The molecule has 0 bridgehead atoms. The Morgan fingerprint density at radius 1 is 1.26 bits per heavy atom. The quantitative estimate of drug-likeness (QED) is 0.443. The number of piperazine rings is 1. The van der Waals surface area contributed by atoms with Gasteiger partial charge < -0.3 is 15.1 Å². The summed E-state index contributed by atoms with van der Waals surface area (Å²) in [6, 6.07) is 5.75. The van der Waals surface area contributed by atoms with Crippen LogP contribution in [0.15, 0.2) is 29.4 Å². The van der Waals surface area contributed by atoms with Gasteiger partial charge in [0.2, 0.25) is 0 Å². The number of nitrogens with one attached hydrogen (secondary N) is 1. The van der Waals surface area contributed by atoms with Crippen molar-refractivity contribution in [1.29, 1.82) is 0 Å². The highest BCUT2D eigenvalue weighted by Gasteiger charge is 2.27. The number of pyridine rings is 1. The third kappa shape index (κ3) is 6.40. The number of hydrogen-bond donors (Lipinski definition) is 1. The molecule has 1 fully saturated rings. The number of hydrogen-bond acceptors (Lipinski definition) is 3. The lowest BCUT2D eigenvalue weighted by atomic mass is 10.3. The Labute approximate surface area is 151 Å². The number of aliphatic imine (C=N–C) groups is 1. The molecule has 0 amide bonds. The minimum absolute atomic E-state index is 0. The maximum absolute atomic E-state index is 12.2. The van der Waals surface area contributed by atoms with E-state index in [1.54, 1.807) is 13.2 Å². The molecule has 1 aromatic rings. The van der Waals surface area contributed by atoms with Gasteiger partial charge in [-0.2, -0.15) is 13.2 Å². The molecule has 0 aromatic carbocycles. The molecule has 0 atom stereocenters. The standard InChI is InChI=1S/C14H20F3N5.HI/c1-18-13(20-7-5-14(15,16)17)22-10-8-21(9-11-22)12-4-2-3-6-19-12;/h2-4,6H,5,7-11H2,1H3,(H,18,20);1H. The summed E-state index contributed by atoms with van der Waals surface area (Å²) in [6.07, 6.45) is -3.26. The smallest absolute Gasteiger partial charge is 0.356 e. The summed E-state index contributed by atoms with van der Waals surface area (Å²) in [5, 5.41) is 2.77. The molecule has 1 aliphatic heterocycles. The van der Waals surface area contributed by atoms with Crippen LogP contribution in [0.2, 0.25) is 0 Å². The Balaban J connectivity index is 0.00000264. The molecule has 0 aliphatic carbocycles. The highest BCUT2D eigenvalue weighted by Crippen LogP contribution is 2.18. The first kappa shape index (κ1) is 19.8. The van der Waals surface area contributed by atoms with Crippen molar-refractivity contribution in [3.63, 3.8) is 0 Å². The number of guanidine groups is 1. The van der Waals surface area contributed by atoms with Gasteiger partial charge in [0.25, 0.3) is 0 Å². The molecule has 1 aromatic heterocycles. The van der Waals surface area contributed by atoms with Crippen LogP contribution < -0.4 is 10.2 Å². The normalized spacial score (nSPS) is 16.1. The van der Waals surface area contributed by atoms with Gasteiger partial charge in [0.15, 0.2) is 5.96 Å². The number of halogens is 4. The van der Waals surface area contributed by atoms with Crippen LogP contribution in [0.4, 0.5) is 19.0 Å². The summed E-state index contributed by atoms with van der Waals surface area (Å²) in [7, 11) is 1.58. The second-order valence-electron chi connectivity index (χ2n) is 5.00. The molecule has 23 heavy (non-hydrogen) atoms. The summed E-state index contributed by atoms with van der Waals surface area (Å²) in [4.78, 5) is 12.5. The van der Waals surface area contributed by atoms with E-state index in [9.17, 15) is 13.2 Å². The van der Waals surface area contributed by atoms with Gasteiger partial charge in [-0.1, -0.05) is 6.07 Å². The van der Waals surface area contributed by atoms with Crippen molar-refractivity contribution in [2.45, 2.75) is 12.6 Å². The average molecular weight is 443 g/mol. The van der Waals surface area contributed by atoms with Crippen LogP contribution in [0.3, 0.4) is 0 Å². The molecule has 0 spiro atoms. The molecule has 2 heterocycles. The van der Waals surface area contributed by atoms with E-state index in [2.05, 4.69) is 20.2 Å². The minimum atomic E-state index is -4.15. The Kier molecular flexibility index (Phi) is 7.86. The van der Waals surface area contributed by atoms with Gasteiger partial charge in [-0.25, -0.2) is 4.98 Å². The zero-order valence-corrected chi connectivity index (χ0v) is 15.2. The Hall–Kier alpha value is -1.26. The topological polar surface area (TPSA) is 43.8 Å². The number of alkyl halides is 3. The molecule has 2 rings (SSSR count). The predicted octanol–water partition coefficient (Wildman–Crippen LogP) is 2.35. The lowest BCUT2D eigenvalue weighted by Gasteiger charge is -2.37. The minimum Gasteiger partial charge on any atom is -0.356 e. The van der Waals surface area contributed by atoms with Gasteiger partial charge in [-0.3, -0.25) is 4.99 Å². The van der Waals surface area contributed by atoms with Crippen LogP contribution in [0.1, 0.15) is 6.42 Å². The van der Waals surface area contributed by atoms with Gasteiger partial charge in [0.05, 0.1) is 6.42 Å². The maximum Gasteiger partial charge on any atom is 0.390 e. The fourth-order valence-electron chi connectivity index (χ4n) is 2.34. The Bertz CT molecular complexity index is 487. The molecule has 1 saturated heterocycles. The molecule has 130 valence electrons. The van der Waals surface area contributed by atoms with Gasteiger partial charge in [0, 0.05) is 46.0 Å². The van der Waals surface area contributed by atoms with E-state index in [0.29, 0.717) is 19.0 Å². The van der Waals surface area contributed by atoms with Crippen molar-refractivity contribution in [3.05, 3.63) is 24.4 Å². The van der Waals surface area contributed by atoms with Crippen LogP contribution in [0.25, 0.3) is 0 Å². The fraction of sp³-hybridized carbons (Fsp3) is 0.571. The first-order chi connectivity index (χ1) is 10.5. The van der Waals surface area contributed by atoms with E-state index in [4.69, 9.17) is 0 Å². The summed E-state index contributed by atoms with van der Waals surface area (Å²) < 4.78 is 36.6. The number of nitrogens with zero attached hydrogens (tertiary/aromatic N) is 4. The van der Waals surface area contributed by atoms with Crippen molar-refractivity contribution >= 4 is 35.8 Å². The zero-order chi connectivity index (χ0) is 16.0. The second kappa shape index (κ2) is 9.14. The lowest BCUT2D eigenvalue weighted by Crippen LogP contribution is -2.53. The van der Waals surface area contributed by atoms with Crippen molar-refractivity contribution in [3.8, 4) is 0 Å². The number of anilines is 1. The highest BCUT2D eigenvalue weighted by atomic mass is 127. The first-order valence-electron chi connectivity index (χ1n) is 7.18. The molecule has 1 N–H and O–H groups in total. The summed E-state index contributed by atoms with van der Waals surface area (Å²) in [5.74, 6) is 1.44. The molecular formula is C14H21F3IN5. The Morgan fingerprint density at radius 2 is 1.96 bits per heavy atom. The van der Waals surface area contributed by atoms with E-state index in [1.807, 2.05) is 23.1 Å². The highest BCUT2D eigenvalue weighted by molar-refractivity contribution is 14.0. The van der Waals surface area contributed by atoms with E-state index >= 15 is 0 Å². The Morgan fingerprint density at radius 3 is 2.48 bits per heavy atom. The molecule has 1 aliphatic rings. The van der Waals surface area contributed by atoms with Gasteiger partial charge >= 0.3 is 6.18 Å². The second-order valence-corrected chi connectivity index (χ2v) is 5.00. The molecule has 5 nitrogen and oxygen atoms in total. The SMILES string of the molecule is CN=C(NCCC(F)(F)F)N1CCN(c2ccccn2)CC1.I. The van der Waals surface area contributed by atoms with Crippen molar-refractivity contribution < 1.29 is 13.2 Å². The molecule has 0 unspecified atom stereocenters. The molecular weight excluding hydrogens is 422 g/mol. The van der Waals surface area contributed by atoms with Crippen LogP contribution >= 0.6 is 24.0 Å². The van der Waals surface area contributed by atoms with E-state index in [1.165, 1.54) is 0 Å². The van der Waals surface area contributed by atoms with E-state index in [-0.39, 0.29) is 30.5 Å². The maximum atomic E-state index is 12.2. The molecule has 0 saturated carbocycles. The van der Waals surface area contributed by atoms with Gasteiger partial charge in [-0.15, -0.1) is 24.0 Å². The summed E-state index contributed by atoms with van der Waals surface area (Å²) in [6.45, 7) is 2.76. The summed E-state index contributed by atoms with van der Waals surface area (Å²) >= 11 is 0. The van der Waals surface area contributed by atoms with Gasteiger partial charge in [0.1, 0.15) is 5.82 Å². The third-order valence-corrected chi connectivity index (χ3v) is 3.46.